The van der Waals surface area contributed by atoms with E-state index in [4.69, 9.17) is 32.7 Å². The van der Waals surface area contributed by atoms with Gasteiger partial charge >= 0.3 is 0 Å². The molecule has 0 amide bonds. The molecule has 0 saturated carbocycles. The molecular weight excluding hydrogens is 323 g/mol. The van der Waals surface area contributed by atoms with E-state index in [-0.39, 0.29) is 12.6 Å². The number of halogens is 2. The van der Waals surface area contributed by atoms with Crippen molar-refractivity contribution < 1.29 is 14.3 Å². The number of ketones is 1. The second kappa shape index (κ2) is 10.7. The van der Waals surface area contributed by atoms with E-state index in [0.717, 1.165) is 25.7 Å². The molecule has 0 aliphatic rings. The van der Waals surface area contributed by atoms with E-state index in [9.17, 15) is 4.79 Å². The number of benzene rings is 1. The van der Waals surface area contributed by atoms with E-state index >= 15 is 0 Å². The Morgan fingerprint density at radius 2 is 2.00 bits per heavy atom. The minimum absolute atomic E-state index is 0.0765. The SMILES string of the molecule is CCCCCCC(=O)C=Cc1cc(Cl)cc(Cl)c1OCOC. The Morgan fingerprint density at radius 3 is 2.68 bits per heavy atom. The molecule has 0 aliphatic heterocycles. The zero-order valence-electron chi connectivity index (χ0n) is 13.0. The average molecular weight is 345 g/mol. The third-order valence-corrected chi connectivity index (χ3v) is 3.58. The highest BCUT2D eigenvalue weighted by Gasteiger charge is 2.09. The summed E-state index contributed by atoms with van der Waals surface area (Å²) in [5, 5.41) is 0.879. The zero-order chi connectivity index (χ0) is 16.4. The summed E-state index contributed by atoms with van der Waals surface area (Å²) in [6, 6.07) is 3.30. The third kappa shape index (κ3) is 6.82. The lowest BCUT2D eigenvalue weighted by molar-refractivity contribution is -0.114. The van der Waals surface area contributed by atoms with Gasteiger partial charge in [-0.1, -0.05) is 49.4 Å². The van der Waals surface area contributed by atoms with Crippen LogP contribution in [-0.2, 0) is 9.53 Å². The van der Waals surface area contributed by atoms with E-state index < -0.39 is 0 Å². The smallest absolute Gasteiger partial charge is 0.188 e. The molecule has 1 aromatic rings. The molecule has 0 atom stereocenters. The molecule has 0 N–H and O–H groups in total. The van der Waals surface area contributed by atoms with Crippen molar-refractivity contribution in [3.05, 3.63) is 33.8 Å². The summed E-state index contributed by atoms with van der Waals surface area (Å²) < 4.78 is 10.3. The van der Waals surface area contributed by atoms with Crippen LogP contribution in [0.25, 0.3) is 6.08 Å². The van der Waals surface area contributed by atoms with Crippen LogP contribution in [0.3, 0.4) is 0 Å². The Labute approximate surface area is 142 Å². The number of methoxy groups -OCH3 is 1. The van der Waals surface area contributed by atoms with E-state index in [2.05, 4.69) is 6.92 Å². The van der Waals surface area contributed by atoms with Crippen LogP contribution in [-0.4, -0.2) is 19.7 Å². The molecule has 22 heavy (non-hydrogen) atoms. The van der Waals surface area contributed by atoms with Crippen molar-refractivity contribution in [2.45, 2.75) is 39.0 Å². The monoisotopic (exact) mass is 344 g/mol. The largest absolute Gasteiger partial charge is 0.465 e. The van der Waals surface area contributed by atoms with E-state index in [1.807, 2.05) is 0 Å². The van der Waals surface area contributed by atoms with Gasteiger partial charge in [-0.15, -0.1) is 0 Å². The Morgan fingerprint density at radius 1 is 1.23 bits per heavy atom. The number of ether oxygens (including phenoxy) is 2. The fourth-order valence-electron chi connectivity index (χ4n) is 1.97. The molecule has 122 valence electrons. The van der Waals surface area contributed by atoms with Gasteiger partial charge in [-0.2, -0.15) is 0 Å². The minimum Gasteiger partial charge on any atom is -0.465 e. The fraction of sp³-hybridized carbons (Fsp3) is 0.471. The van der Waals surface area contributed by atoms with Gasteiger partial charge in [0.25, 0.3) is 0 Å². The Bertz CT molecular complexity index is 513. The normalized spacial score (nSPS) is 11.1. The Hall–Kier alpha value is -1.03. The van der Waals surface area contributed by atoms with Crippen LogP contribution in [0, 0.1) is 0 Å². The highest BCUT2D eigenvalue weighted by molar-refractivity contribution is 6.36. The standard InChI is InChI=1S/C17H22Cl2O3/c1-3-4-5-6-7-15(20)9-8-13-10-14(18)11-16(19)17(13)22-12-21-2/h8-11H,3-7,12H2,1-2H3. The van der Waals surface area contributed by atoms with Crippen LogP contribution in [0.2, 0.25) is 10.0 Å². The van der Waals surface area contributed by atoms with E-state index in [0.29, 0.717) is 27.8 Å². The van der Waals surface area contributed by atoms with Crippen molar-refractivity contribution in [1.29, 1.82) is 0 Å². The van der Waals surface area contributed by atoms with Gasteiger partial charge in [0.1, 0.15) is 5.75 Å². The number of hydrogen-bond donors (Lipinski definition) is 0. The topological polar surface area (TPSA) is 35.5 Å². The van der Waals surface area contributed by atoms with Gasteiger partial charge in [-0.25, -0.2) is 0 Å². The van der Waals surface area contributed by atoms with Crippen LogP contribution < -0.4 is 4.74 Å². The molecule has 0 radical (unpaired) electrons. The lowest BCUT2D eigenvalue weighted by Gasteiger charge is -2.10. The zero-order valence-corrected chi connectivity index (χ0v) is 14.5. The van der Waals surface area contributed by atoms with Crippen molar-refractivity contribution in [3.8, 4) is 5.75 Å². The molecule has 1 rings (SSSR count). The van der Waals surface area contributed by atoms with Crippen molar-refractivity contribution in [2.75, 3.05) is 13.9 Å². The van der Waals surface area contributed by atoms with Crippen molar-refractivity contribution in [3.63, 3.8) is 0 Å². The lowest BCUT2D eigenvalue weighted by atomic mass is 10.1. The number of allylic oxidation sites excluding steroid dienone is 1. The van der Waals surface area contributed by atoms with Gasteiger partial charge < -0.3 is 9.47 Å². The van der Waals surface area contributed by atoms with Crippen molar-refractivity contribution in [2.24, 2.45) is 0 Å². The number of hydrogen-bond acceptors (Lipinski definition) is 3. The highest BCUT2D eigenvalue weighted by atomic mass is 35.5. The molecule has 0 bridgehead atoms. The lowest BCUT2D eigenvalue weighted by Crippen LogP contribution is -2.01. The first-order valence-electron chi connectivity index (χ1n) is 7.40. The van der Waals surface area contributed by atoms with E-state index in [1.54, 1.807) is 24.3 Å². The van der Waals surface area contributed by atoms with Gasteiger partial charge in [-0.3, -0.25) is 4.79 Å². The number of carbonyl (C=O) groups excluding carboxylic acids is 1. The van der Waals surface area contributed by atoms with Gasteiger partial charge in [0, 0.05) is 24.1 Å². The first-order valence-corrected chi connectivity index (χ1v) is 8.15. The molecule has 0 unspecified atom stereocenters. The fourth-order valence-corrected chi connectivity index (χ4v) is 2.53. The molecule has 0 fully saturated rings. The number of carbonyl (C=O) groups is 1. The predicted octanol–water partition coefficient (Wildman–Crippen LogP) is 5.53. The van der Waals surface area contributed by atoms with Gasteiger partial charge in [-0.05, 0) is 30.7 Å². The first kappa shape index (κ1) is 19.0. The van der Waals surface area contributed by atoms with Gasteiger partial charge in [0.05, 0.1) is 5.02 Å². The molecule has 0 aromatic heterocycles. The minimum atomic E-state index is 0.0765. The Balaban J connectivity index is 2.73. The summed E-state index contributed by atoms with van der Waals surface area (Å²) in [6.45, 7) is 2.22. The highest BCUT2D eigenvalue weighted by Crippen LogP contribution is 2.33. The van der Waals surface area contributed by atoms with Gasteiger partial charge in [0.15, 0.2) is 12.6 Å². The maximum atomic E-state index is 11.9. The molecule has 5 heteroatoms. The second-order valence-corrected chi connectivity index (χ2v) is 5.81. The van der Waals surface area contributed by atoms with Crippen LogP contribution >= 0.6 is 23.2 Å². The van der Waals surface area contributed by atoms with Gasteiger partial charge in [0.2, 0.25) is 0 Å². The van der Waals surface area contributed by atoms with Crippen molar-refractivity contribution in [1.82, 2.24) is 0 Å². The second-order valence-electron chi connectivity index (χ2n) is 4.97. The van der Waals surface area contributed by atoms with Crippen LogP contribution in [0.5, 0.6) is 5.75 Å². The van der Waals surface area contributed by atoms with Crippen LogP contribution in [0.4, 0.5) is 0 Å². The summed E-state index contributed by atoms with van der Waals surface area (Å²) in [5.41, 5.74) is 0.663. The quantitative estimate of drug-likeness (QED) is 0.318. The predicted molar refractivity (Wildman–Crippen MR) is 91.8 cm³/mol. The molecule has 0 saturated heterocycles. The summed E-state index contributed by atoms with van der Waals surface area (Å²) in [7, 11) is 1.53. The van der Waals surface area contributed by atoms with E-state index in [1.165, 1.54) is 7.11 Å². The molecular formula is C17H22Cl2O3. The maximum absolute atomic E-state index is 11.9. The summed E-state index contributed by atoms with van der Waals surface area (Å²) in [5.74, 6) is 0.549. The van der Waals surface area contributed by atoms with Crippen molar-refractivity contribution >= 4 is 35.1 Å². The number of rotatable bonds is 10. The summed E-state index contributed by atoms with van der Waals surface area (Å²) in [6.07, 6.45) is 8.11. The maximum Gasteiger partial charge on any atom is 0.188 e. The molecule has 0 aliphatic carbocycles. The van der Waals surface area contributed by atoms with Crippen LogP contribution in [0.1, 0.15) is 44.6 Å². The third-order valence-electron chi connectivity index (χ3n) is 3.08. The average Bonchev–Trinajstić information content (AvgIpc) is 2.48. The Kier molecular flexibility index (Phi) is 9.21. The molecule has 0 spiro atoms. The number of unbranched alkanes of at least 4 members (excludes halogenated alkanes) is 3. The molecule has 0 heterocycles. The summed E-state index contributed by atoms with van der Waals surface area (Å²) >= 11 is 12.1. The molecule has 3 nitrogen and oxygen atoms in total. The first-order chi connectivity index (χ1) is 10.6. The molecule has 1 aromatic carbocycles. The van der Waals surface area contributed by atoms with Crippen LogP contribution in [0.15, 0.2) is 18.2 Å². The summed E-state index contributed by atoms with van der Waals surface area (Å²) in [4.78, 5) is 11.9.